The van der Waals surface area contributed by atoms with Crippen LogP contribution in [0.1, 0.15) is 25.0 Å². The van der Waals surface area contributed by atoms with Gasteiger partial charge in [-0.2, -0.15) is 0 Å². The third-order valence-corrected chi connectivity index (χ3v) is 5.81. The van der Waals surface area contributed by atoms with Crippen LogP contribution in [0.25, 0.3) is 0 Å². The van der Waals surface area contributed by atoms with Crippen molar-refractivity contribution in [3.8, 4) is 0 Å². The van der Waals surface area contributed by atoms with Crippen LogP contribution in [0, 0.1) is 6.92 Å². The van der Waals surface area contributed by atoms with Gasteiger partial charge in [-0.1, -0.05) is 18.2 Å². The fourth-order valence-corrected chi connectivity index (χ4v) is 4.30. The largest absolute Gasteiger partial charge is 0.373 e. The fourth-order valence-electron chi connectivity index (χ4n) is 3.02. The Kier molecular flexibility index (Phi) is 4.13. The van der Waals surface area contributed by atoms with E-state index in [2.05, 4.69) is 54.9 Å². The van der Waals surface area contributed by atoms with Crippen LogP contribution in [0.15, 0.2) is 18.2 Å². The molecule has 114 valence electrons. The van der Waals surface area contributed by atoms with E-state index < -0.39 is 0 Å². The maximum atomic E-state index is 12.5. The third kappa shape index (κ3) is 3.04. The Balaban J connectivity index is 1.59. The maximum absolute atomic E-state index is 12.5. The topological polar surface area (TPSA) is 53.2 Å². The minimum atomic E-state index is -0.146. The molecule has 1 fully saturated rings. The Morgan fingerprint density at radius 3 is 2.95 bits per heavy atom. The summed E-state index contributed by atoms with van der Waals surface area (Å²) >= 11 is 1.89. The average Bonchev–Trinajstić information content (AvgIpc) is 3.05. The molecule has 2 heterocycles. The number of hydrogen-bond donors (Lipinski definition) is 3. The summed E-state index contributed by atoms with van der Waals surface area (Å²) in [5.74, 6) is 1.21. The Labute approximate surface area is 130 Å². The second-order valence-electron chi connectivity index (χ2n) is 6.13. The fraction of sp³-hybridized carbons (Fsp3) is 0.562. The Morgan fingerprint density at radius 1 is 1.48 bits per heavy atom. The van der Waals surface area contributed by atoms with Gasteiger partial charge in [0.2, 0.25) is 5.91 Å². The number of benzene rings is 1. The van der Waals surface area contributed by atoms with E-state index in [9.17, 15) is 4.79 Å². The second kappa shape index (κ2) is 5.89. The molecule has 4 nitrogen and oxygen atoms in total. The number of thioether (sulfide) groups is 1. The number of carbonyl (C=O) groups is 1. The van der Waals surface area contributed by atoms with Crippen LogP contribution in [0.4, 0.5) is 5.69 Å². The molecule has 2 aliphatic heterocycles. The molecule has 0 radical (unpaired) electrons. The van der Waals surface area contributed by atoms with E-state index in [1.165, 1.54) is 11.1 Å². The van der Waals surface area contributed by atoms with Gasteiger partial charge in [-0.15, -0.1) is 11.8 Å². The number of fused-ring (bicyclic) bond motifs is 1. The van der Waals surface area contributed by atoms with E-state index in [4.69, 9.17) is 0 Å². The number of rotatable bonds is 3. The molecule has 1 aromatic rings. The van der Waals surface area contributed by atoms with Crippen molar-refractivity contribution in [2.24, 2.45) is 0 Å². The SMILES string of the molecule is Cc1cccc2c1NC(C(=O)NC(C)C1NC(C)CS1)C2. The minimum absolute atomic E-state index is 0.0973. The van der Waals surface area contributed by atoms with Gasteiger partial charge in [-0.05, 0) is 31.9 Å². The lowest BCUT2D eigenvalue weighted by Crippen LogP contribution is -2.49. The second-order valence-corrected chi connectivity index (χ2v) is 7.30. The number of hydrogen-bond acceptors (Lipinski definition) is 4. The van der Waals surface area contributed by atoms with Crippen molar-refractivity contribution in [2.75, 3.05) is 11.1 Å². The quantitative estimate of drug-likeness (QED) is 0.798. The molecule has 0 spiro atoms. The van der Waals surface area contributed by atoms with E-state index >= 15 is 0 Å². The lowest BCUT2D eigenvalue weighted by atomic mass is 10.1. The lowest BCUT2D eigenvalue weighted by Gasteiger charge is -2.23. The minimum Gasteiger partial charge on any atom is -0.373 e. The summed E-state index contributed by atoms with van der Waals surface area (Å²) in [6, 6.07) is 6.75. The van der Waals surface area contributed by atoms with Crippen LogP contribution in [-0.4, -0.2) is 35.2 Å². The Morgan fingerprint density at radius 2 is 2.29 bits per heavy atom. The van der Waals surface area contributed by atoms with Gasteiger partial charge < -0.3 is 16.0 Å². The first kappa shape index (κ1) is 14.7. The molecule has 1 saturated heterocycles. The van der Waals surface area contributed by atoms with Crippen molar-refractivity contribution in [1.82, 2.24) is 10.6 Å². The molecule has 1 aromatic carbocycles. The first-order chi connectivity index (χ1) is 10.0. The molecule has 0 aliphatic carbocycles. The summed E-state index contributed by atoms with van der Waals surface area (Å²) in [5.41, 5.74) is 3.58. The molecule has 0 bridgehead atoms. The number of nitrogens with one attached hydrogen (secondary N) is 3. The molecule has 1 amide bonds. The standard InChI is InChI=1S/C16H23N3OS/c1-9-5-4-6-12-7-13(19-14(9)12)15(20)18-11(3)16-17-10(2)8-21-16/h4-6,10-11,13,16-17,19H,7-8H2,1-3H3,(H,18,20). The molecule has 21 heavy (non-hydrogen) atoms. The van der Waals surface area contributed by atoms with Crippen molar-refractivity contribution >= 4 is 23.4 Å². The Hall–Kier alpha value is -1.20. The highest BCUT2D eigenvalue weighted by Crippen LogP contribution is 2.29. The molecule has 0 saturated carbocycles. The highest BCUT2D eigenvalue weighted by atomic mass is 32.2. The summed E-state index contributed by atoms with van der Waals surface area (Å²) < 4.78 is 0. The first-order valence-corrected chi connectivity index (χ1v) is 8.62. The summed E-state index contributed by atoms with van der Waals surface area (Å²) in [7, 11) is 0. The smallest absolute Gasteiger partial charge is 0.243 e. The Bertz CT molecular complexity index is 548. The van der Waals surface area contributed by atoms with Crippen molar-refractivity contribution in [3.63, 3.8) is 0 Å². The van der Waals surface area contributed by atoms with Gasteiger partial charge in [0.05, 0.1) is 11.4 Å². The number of anilines is 1. The molecule has 0 aromatic heterocycles. The zero-order valence-corrected chi connectivity index (χ0v) is 13.6. The number of amides is 1. The van der Waals surface area contributed by atoms with Gasteiger partial charge in [0.15, 0.2) is 0 Å². The lowest BCUT2D eigenvalue weighted by molar-refractivity contribution is -0.122. The normalized spacial score (nSPS) is 28.8. The highest BCUT2D eigenvalue weighted by Gasteiger charge is 2.31. The summed E-state index contributed by atoms with van der Waals surface area (Å²) in [6.45, 7) is 6.34. The number of aryl methyl sites for hydroxylation is 1. The third-order valence-electron chi connectivity index (χ3n) is 4.22. The maximum Gasteiger partial charge on any atom is 0.243 e. The summed E-state index contributed by atoms with van der Waals surface area (Å²) in [4.78, 5) is 12.5. The monoisotopic (exact) mass is 305 g/mol. The summed E-state index contributed by atoms with van der Waals surface area (Å²) in [6.07, 6.45) is 0.775. The van der Waals surface area contributed by atoms with Crippen LogP contribution < -0.4 is 16.0 Å². The van der Waals surface area contributed by atoms with Gasteiger partial charge in [-0.25, -0.2) is 0 Å². The van der Waals surface area contributed by atoms with Crippen LogP contribution >= 0.6 is 11.8 Å². The number of carbonyl (C=O) groups excluding carboxylic acids is 1. The molecule has 3 N–H and O–H groups in total. The van der Waals surface area contributed by atoms with Crippen LogP contribution in [0.5, 0.6) is 0 Å². The van der Waals surface area contributed by atoms with Crippen molar-refractivity contribution in [3.05, 3.63) is 29.3 Å². The van der Waals surface area contributed by atoms with Gasteiger partial charge in [-0.3, -0.25) is 4.79 Å². The van der Waals surface area contributed by atoms with Gasteiger partial charge in [0, 0.05) is 23.9 Å². The predicted molar refractivity (Wildman–Crippen MR) is 88.7 cm³/mol. The van der Waals surface area contributed by atoms with E-state index in [0.29, 0.717) is 11.4 Å². The zero-order valence-electron chi connectivity index (χ0n) is 12.8. The van der Waals surface area contributed by atoms with Crippen molar-refractivity contribution in [2.45, 2.75) is 50.7 Å². The number of para-hydroxylation sites is 1. The van der Waals surface area contributed by atoms with Crippen molar-refractivity contribution < 1.29 is 4.79 Å². The summed E-state index contributed by atoms with van der Waals surface area (Å²) in [5, 5.41) is 10.3. The van der Waals surface area contributed by atoms with Crippen LogP contribution in [-0.2, 0) is 11.2 Å². The van der Waals surface area contributed by atoms with Gasteiger partial charge >= 0.3 is 0 Å². The van der Waals surface area contributed by atoms with Gasteiger partial charge in [0.1, 0.15) is 6.04 Å². The van der Waals surface area contributed by atoms with Gasteiger partial charge in [0.25, 0.3) is 0 Å². The van der Waals surface area contributed by atoms with E-state index in [0.717, 1.165) is 17.9 Å². The first-order valence-electron chi connectivity index (χ1n) is 7.57. The molecule has 4 atom stereocenters. The molecular weight excluding hydrogens is 282 g/mol. The molecule has 4 unspecified atom stereocenters. The molecule has 2 aliphatic rings. The molecule has 3 rings (SSSR count). The predicted octanol–water partition coefficient (Wildman–Crippen LogP) is 1.89. The van der Waals surface area contributed by atoms with Crippen LogP contribution in [0.2, 0.25) is 0 Å². The van der Waals surface area contributed by atoms with E-state index in [-0.39, 0.29) is 18.0 Å². The average molecular weight is 305 g/mol. The van der Waals surface area contributed by atoms with E-state index in [1.54, 1.807) is 0 Å². The molecule has 5 heteroatoms. The highest BCUT2D eigenvalue weighted by molar-refractivity contribution is 8.00. The zero-order chi connectivity index (χ0) is 15.0. The molecular formula is C16H23N3OS. The van der Waals surface area contributed by atoms with E-state index in [1.807, 2.05) is 11.8 Å². The van der Waals surface area contributed by atoms with Crippen molar-refractivity contribution in [1.29, 1.82) is 0 Å². The van der Waals surface area contributed by atoms with Crippen LogP contribution in [0.3, 0.4) is 0 Å².